The van der Waals surface area contributed by atoms with Crippen molar-refractivity contribution in [3.05, 3.63) is 23.9 Å². The number of nitrogens with zero attached hydrogens (tertiary/aromatic N) is 2. The smallest absolute Gasteiger partial charge is 0.128 e. The molecular weight excluding hydrogens is 216 g/mol. The van der Waals surface area contributed by atoms with Gasteiger partial charge in [0.15, 0.2) is 0 Å². The Labute approximate surface area is 94.7 Å². The normalized spacial score (nSPS) is 10.2. The summed E-state index contributed by atoms with van der Waals surface area (Å²) in [4.78, 5) is 6.48. The number of halogens is 1. The molecule has 0 N–H and O–H groups in total. The Bertz CT molecular complexity index is 263. The zero-order valence-electron chi connectivity index (χ0n) is 8.53. The standard InChI is InChI=1S/C10H15ClN2S/c1-13(5-6-14-2)10-4-3-9(7-11)8-12-10/h3-4,8H,5-7H2,1-2H3. The average molecular weight is 231 g/mol. The summed E-state index contributed by atoms with van der Waals surface area (Å²) in [7, 11) is 2.05. The lowest BCUT2D eigenvalue weighted by molar-refractivity contribution is 0.944. The molecule has 1 aromatic heterocycles. The number of rotatable bonds is 5. The molecule has 0 bridgehead atoms. The average Bonchev–Trinajstić information content (AvgIpc) is 2.26. The van der Waals surface area contributed by atoms with Crippen LogP contribution in [0.4, 0.5) is 5.82 Å². The van der Waals surface area contributed by atoms with Crippen LogP contribution < -0.4 is 4.90 Å². The van der Waals surface area contributed by atoms with Crippen LogP contribution in [0.3, 0.4) is 0 Å². The quantitative estimate of drug-likeness (QED) is 0.724. The van der Waals surface area contributed by atoms with E-state index in [1.165, 1.54) is 0 Å². The number of anilines is 1. The number of hydrogen-bond donors (Lipinski definition) is 0. The van der Waals surface area contributed by atoms with Gasteiger partial charge in [0, 0.05) is 31.4 Å². The number of thioether (sulfide) groups is 1. The van der Waals surface area contributed by atoms with Gasteiger partial charge in [0.25, 0.3) is 0 Å². The Morgan fingerprint density at radius 1 is 1.50 bits per heavy atom. The highest BCUT2D eigenvalue weighted by atomic mass is 35.5. The molecule has 0 saturated carbocycles. The summed E-state index contributed by atoms with van der Waals surface area (Å²) in [5.74, 6) is 2.66. The summed E-state index contributed by atoms with van der Waals surface area (Å²) in [6.07, 6.45) is 3.94. The molecule has 0 fully saturated rings. The van der Waals surface area contributed by atoms with Crippen LogP contribution in [0, 0.1) is 0 Å². The van der Waals surface area contributed by atoms with E-state index in [9.17, 15) is 0 Å². The Hall–Kier alpha value is -0.410. The lowest BCUT2D eigenvalue weighted by atomic mass is 10.3. The molecule has 1 rings (SSSR count). The van der Waals surface area contributed by atoms with Crippen LogP contribution >= 0.6 is 23.4 Å². The highest BCUT2D eigenvalue weighted by Gasteiger charge is 2.00. The van der Waals surface area contributed by atoms with Gasteiger partial charge < -0.3 is 4.90 Å². The summed E-state index contributed by atoms with van der Waals surface area (Å²) in [6.45, 7) is 1.02. The Morgan fingerprint density at radius 3 is 2.79 bits per heavy atom. The molecule has 2 nitrogen and oxygen atoms in total. The van der Waals surface area contributed by atoms with Gasteiger partial charge in [-0.05, 0) is 17.9 Å². The molecule has 0 unspecified atom stereocenters. The van der Waals surface area contributed by atoms with Gasteiger partial charge in [-0.3, -0.25) is 0 Å². The first-order valence-corrected chi connectivity index (χ1v) is 6.41. The van der Waals surface area contributed by atoms with Gasteiger partial charge in [-0.25, -0.2) is 4.98 Å². The van der Waals surface area contributed by atoms with E-state index in [-0.39, 0.29) is 0 Å². The number of aromatic nitrogens is 1. The minimum atomic E-state index is 0.530. The number of pyridine rings is 1. The second-order valence-electron chi connectivity index (χ2n) is 3.07. The lowest BCUT2D eigenvalue weighted by Gasteiger charge is -2.17. The van der Waals surface area contributed by atoms with Crippen LogP contribution in [0.1, 0.15) is 5.56 Å². The van der Waals surface area contributed by atoms with Gasteiger partial charge in [0.2, 0.25) is 0 Å². The first kappa shape index (κ1) is 11.7. The summed E-state index contributed by atoms with van der Waals surface area (Å²) < 4.78 is 0. The Morgan fingerprint density at radius 2 is 2.29 bits per heavy atom. The molecule has 1 aromatic rings. The molecular formula is C10H15ClN2S. The predicted octanol–water partition coefficient (Wildman–Crippen LogP) is 2.62. The van der Waals surface area contributed by atoms with Crippen molar-refractivity contribution in [3.8, 4) is 0 Å². The SMILES string of the molecule is CSCCN(C)c1ccc(CCl)cn1. The summed E-state index contributed by atoms with van der Waals surface area (Å²) in [6, 6.07) is 4.03. The monoisotopic (exact) mass is 230 g/mol. The van der Waals surface area contributed by atoms with Crippen LogP contribution in [0.25, 0.3) is 0 Å². The fraction of sp³-hybridized carbons (Fsp3) is 0.500. The van der Waals surface area contributed by atoms with Crippen molar-refractivity contribution in [2.75, 3.05) is 30.5 Å². The molecule has 0 aliphatic heterocycles. The fourth-order valence-corrected chi connectivity index (χ4v) is 1.68. The van der Waals surface area contributed by atoms with Crippen LogP contribution in [-0.4, -0.2) is 30.6 Å². The minimum absolute atomic E-state index is 0.530. The topological polar surface area (TPSA) is 16.1 Å². The van der Waals surface area contributed by atoms with Gasteiger partial charge in [-0.1, -0.05) is 6.07 Å². The van der Waals surface area contributed by atoms with Gasteiger partial charge in [0.05, 0.1) is 0 Å². The molecule has 78 valence electrons. The highest BCUT2D eigenvalue weighted by Crippen LogP contribution is 2.11. The maximum Gasteiger partial charge on any atom is 0.128 e. The third kappa shape index (κ3) is 3.39. The third-order valence-electron chi connectivity index (χ3n) is 1.99. The minimum Gasteiger partial charge on any atom is -0.359 e. The predicted molar refractivity (Wildman–Crippen MR) is 65.4 cm³/mol. The summed E-state index contributed by atoms with van der Waals surface area (Å²) in [5, 5.41) is 0. The first-order chi connectivity index (χ1) is 6.77. The Kier molecular flexibility index (Phi) is 5.12. The Balaban J connectivity index is 2.57. The van der Waals surface area contributed by atoms with Crippen LogP contribution in [-0.2, 0) is 5.88 Å². The van der Waals surface area contributed by atoms with E-state index >= 15 is 0 Å². The van der Waals surface area contributed by atoms with Crippen LogP contribution in [0.5, 0.6) is 0 Å². The molecule has 4 heteroatoms. The van der Waals surface area contributed by atoms with E-state index < -0.39 is 0 Å². The van der Waals surface area contributed by atoms with Crippen molar-refractivity contribution in [3.63, 3.8) is 0 Å². The third-order valence-corrected chi connectivity index (χ3v) is 2.88. The molecule has 0 spiro atoms. The van der Waals surface area contributed by atoms with Crippen molar-refractivity contribution in [1.29, 1.82) is 0 Å². The zero-order chi connectivity index (χ0) is 10.4. The maximum atomic E-state index is 5.69. The lowest BCUT2D eigenvalue weighted by Crippen LogP contribution is -2.21. The largest absolute Gasteiger partial charge is 0.359 e. The van der Waals surface area contributed by atoms with Crippen LogP contribution in [0.15, 0.2) is 18.3 Å². The molecule has 0 saturated heterocycles. The van der Waals surface area contributed by atoms with Crippen molar-refractivity contribution in [2.24, 2.45) is 0 Å². The molecule has 0 aliphatic rings. The molecule has 14 heavy (non-hydrogen) atoms. The molecule has 0 aromatic carbocycles. The summed E-state index contributed by atoms with van der Waals surface area (Å²) >= 11 is 7.53. The van der Waals surface area contributed by atoms with E-state index in [4.69, 9.17) is 11.6 Å². The zero-order valence-corrected chi connectivity index (χ0v) is 10.1. The van der Waals surface area contributed by atoms with E-state index in [2.05, 4.69) is 23.2 Å². The van der Waals surface area contributed by atoms with E-state index in [0.29, 0.717) is 5.88 Å². The fourth-order valence-electron chi connectivity index (χ4n) is 1.06. The molecule has 0 atom stereocenters. The van der Waals surface area contributed by atoms with Crippen molar-refractivity contribution < 1.29 is 0 Å². The maximum absolute atomic E-state index is 5.69. The second-order valence-corrected chi connectivity index (χ2v) is 4.33. The van der Waals surface area contributed by atoms with Crippen molar-refractivity contribution >= 4 is 29.2 Å². The first-order valence-electron chi connectivity index (χ1n) is 4.49. The molecule has 0 radical (unpaired) electrons. The number of alkyl halides is 1. The van der Waals surface area contributed by atoms with Gasteiger partial charge in [-0.15, -0.1) is 11.6 Å². The molecule has 0 aliphatic carbocycles. The van der Waals surface area contributed by atoms with E-state index in [1.54, 1.807) is 0 Å². The molecule has 0 amide bonds. The van der Waals surface area contributed by atoms with Gasteiger partial charge in [-0.2, -0.15) is 11.8 Å². The van der Waals surface area contributed by atoms with E-state index in [0.717, 1.165) is 23.7 Å². The van der Waals surface area contributed by atoms with Crippen LogP contribution in [0.2, 0.25) is 0 Å². The van der Waals surface area contributed by atoms with Crippen molar-refractivity contribution in [1.82, 2.24) is 4.98 Å². The second kappa shape index (κ2) is 6.14. The van der Waals surface area contributed by atoms with Gasteiger partial charge >= 0.3 is 0 Å². The number of hydrogen-bond acceptors (Lipinski definition) is 3. The summed E-state index contributed by atoms with van der Waals surface area (Å²) in [5.41, 5.74) is 1.06. The highest BCUT2D eigenvalue weighted by molar-refractivity contribution is 7.98. The van der Waals surface area contributed by atoms with E-state index in [1.807, 2.05) is 30.1 Å². The van der Waals surface area contributed by atoms with Gasteiger partial charge in [0.1, 0.15) is 5.82 Å². The van der Waals surface area contributed by atoms with Crippen molar-refractivity contribution in [2.45, 2.75) is 5.88 Å². The molecule has 1 heterocycles.